The number of carboxylic acids is 2. The van der Waals surface area contributed by atoms with Crippen LogP contribution < -0.4 is 5.73 Å². The van der Waals surface area contributed by atoms with E-state index in [1.807, 2.05) is 4.90 Å². The van der Waals surface area contributed by atoms with Gasteiger partial charge in [0.05, 0.1) is 6.04 Å². The summed E-state index contributed by atoms with van der Waals surface area (Å²) in [5.74, 6) is -2.65. The van der Waals surface area contributed by atoms with Crippen molar-refractivity contribution in [2.75, 3.05) is 18.8 Å². The van der Waals surface area contributed by atoms with Crippen molar-refractivity contribution in [2.24, 2.45) is 11.7 Å². The fraction of sp³-hybridized carbons (Fsp3) is 0.476. The lowest BCUT2D eigenvalue weighted by atomic mass is 9.93. The summed E-state index contributed by atoms with van der Waals surface area (Å²) in [6.45, 7) is 0.665. The second-order valence-electron chi connectivity index (χ2n) is 7.68. The number of carboxylic acid groups (broad SMARTS) is 2. The van der Waals surface area contributed by atoms with Crippen molar-refractivity contribution in [3.63, 3.8) is 0 Å². The zero-order chi connectivity index (χ0) is 21.8. The molecule has 1 heterocycles. The van der Waals surface area contributed by atoms with Gasteiger partial charge in [-0.25, -0.2) is 9.18 Å². The van der Waals surface area contributed by atoms with Crippen LogP contribution in [0.5, 0.6) is 0 Å². The van der Waals surface area contributed by atoms with E-state index in [-0.39, 0.29) is 29.2 Å². The third kappa shape index (κ3) is 5.47. The molecular formula is C21H25FN2O5S. The van der Waals surface area contributed by atoms with Crippen molar-refractivity contribution in [3.05, 3.63) is 47.3 Å². The molecule has 4 N–H and O–H groups in total. The Kier molecular flexibility index (Phi) is 7.27. The summed E-state index contributed by atoms with van der Waals surface area (Å²) in [5.41, 5.74) is 6.45. The van der Waals surface area contributed by atoms with Gasteiger partial charge in [-0.05, 0) is 30.9 Å². The third-order valence-corrected chi connectivity index (χ3v) is 6.89. The number of nitrogens with two attached hydrogens (primary N) is 1. The summed E-state index contributed by atoms with van der Waals surface area (Å²) in [5, 5.41) is 18.1. The van der Waals surface area contributed by atoms with Crippen LogP contribution in [0, 0.1) is 11.7 Å². The molecule has 162 valence electrons. The zero-order valence-corrected chi connectivity index (χ0v) is 17.2. The molecule has 0 aromatic heterocycles. The first-order valence-corrected chi connectivity index (χ1v) is 10.9. The Hall–Kier alpha value is -2.23. The van der Waals surface area contributed by atoms with Crippen LogP contribution in [0.4, 0.5) is 4.39 Å². The molecule has 7 nitrogen and oxygen atoms in total. The van der Waals surface area contributed by atoms with Gasteiger partial charge in [0.2, 0.25) is 0 Å². The van der Waals surface area contributed by atoms with Crippen LogP contribution in [-0.2, 0) is 14.4 Å². The highest BCUT2D eigenvalue weighted by Gasteiger charge is 2.41. The monoisotopic (exact) mass is 436 g/mol. The standard InChI is InChI=1S/C21H25FN2O5S/c22-15-4-2-1-3-14(15)19(20(27)12-5-6-12)24-8-7-17(13(10-24)9-18(25)26)30-11-16(23)21(28)29/h1-4,9,12,16-17,19H,5-8,10-11,23H2,(H,25,26)(H,28,29)/b13-9-/t16-,17?,19?/m0/s1. The molecule has 1 saturated heterocycles. The normalized spacial score (nSPS) is 23.1. The highest BCUT2D eigenvalue weighted by Crippen LogP contribution is 2.40. The molecule has 1 aromatic rings. The first kappa shape index (κ1) is 22.5. The number of carbonyl (C=O) groups is 3. The molecule has 0 spiro atoms. The molecule has 0 bridgehead atoms. The number of benzene rings is 1. The van der Waals surface area contributed by atoms with E-state index in [1.165, 1.54) is 17.8 Å². The fourth-order valence-electron chi connectivity index (χ4n) is 3.70. The molecule has 0 radical (unpaired) electrons. The summed E-state index contributed by atoms with van der Waals surface area (Å²) in [7, 11) is 0. The largest absolute Gasteiger partial charge is 0.480 e. The lowest BCUT2D eigenvalue weighted by Crippen LogP contribution is -2.43. The maximum Gasteiger partial charge on any atom is 0.328 e. The summed E-state index contributed by atoms with van der Waals surface area (Å²) < 4.78 is 14.5. The SMILES string of the molecule is N[C@@H](CSC1CCN(C(C(=O)C2CC2)c2ccccc2F)C/C1=C/C(=O)O)C(=O)O. The molecule has 1 saturated carbocycles. The van der Waals surface area contributed by atoms with Crippen molar-refractivity contribution in [3.8, 4) is 0 Å². The van der Waals surface area contributed by atoms with E-state index >= 15 is 0 Å². The predicted octanol–water partition coefficient (Wildman–Crippen LogP) is 2.08. The zero-order valence-electron chi connectivity index (χ0n) is 16.4. The second-order valence-corrected chi connectivity index (χ2v) is 8.92. The highest BCUT2D eigenvalue weighted by atomic mass is 32.2. The number of nitrogens with zero attached hydrogens (tertiary/aromatic N) is 1. The Balaban J connectivity index is 1.83. The van der Waals surface area contributed by atoms with E-state index in [9.17, 15) is 23.9 Å². The molecule has 3 atom stereocenters. The quantitative estimate of drug-likeness (QED) is 0.503. The number of thioether (sulfide) groups is 1. The highest BCUT2D eigenvalue weighted by molar-refractivity contribution is 8.00. The number of carbonyl (C=O) groups excluding carboxylic acids is 1. The van der Waals surface area contributed by atoms with Crippen LogP contribution in [0.15, 0.2) is 35.9 Å². The first-order chi connectivity index (χ1) is 14.3. The third-order valence-electron chi connectivity index (χ3n) is 5.39. The number of piperidine rings is 1. The topological polar surface area (TPSA) is 121 Å². The number of hydrogen-bond donors (Lipinski definition) is 3. The first-order valence-electron chi connectivity index (χ1n) is 9.83. The number of hydrogen-bond acceptors (Lipinski definition) is 6. The van der Waals surface area contributed by atoms with Crippen LogP contribution in [-0.4, -0.2) is 63.0 Å². The van der Waals surface area contributed by atoms with E-state index in [1.54, 1.807) is 18.2 Å². The maximum absolute atomic E-state index is 14.5. The summed E-state index contributed by atoms with van der Waals surface area (Å²) in [6.07, 6.45) is 3.21. The lowest BCUT2D eigenvalue weighted by molar-refractivity contribution is -0.138. The number of halogens is 1. The molecule has 2 unspecified atom stereocenters. The van der Waals surface area contributed by atoms with Crippen molar-refractivity contribution >= 4 is 29.5 Å². The minimum atomic E-state index is -1.11. The van der Waals surface area contributed by atoms with Crippen LogP contribution >= 0.6 is 11.8 Å². The Morgan fingerprint density at radius 3 is 2.53 bits per heavy atom. The number of rotatable bonds is 9. The van der Waals surface area contributed by atoms with Gasteiger partial charge in [-0.3, -0.25) is 14.5 Å². The van der Waals surface area contributed by atoms with Gasteiger partial charge in [0, 0.05) is 41.6 Å². The molecule has 1 aliphatic carbocycles. The minimum Gasteiger partial charge on any atom is -0.480 e. The van der Waals surface area contributed by atoms with Crippen LogP contribution in [0.1, 0.15) is 30.9 Å². The molecule has 2 fully saturated rings. The van der Waals surface area contributed by atoms with E-state index in [4.69, 9.17) is 10.8 Å². The molecular weight excluding hydrogens is 411 g/mol. The number of ketones is 1. The molecule has 0 amide bonds. The van der Waals surface area contributed by atoms with Gasteiger partial charge in [0.1, 0.15) is 11.9 Å². The predicted molar refractivity (Wildman–Crippen MR) is 111 cm³/mol. The number of likely N-dealkylation sites (tertiary alicyclic amines) is 1. The molecule has 2 aliphatic rings. The van der Waals surface area contributed by atoms with Gasteiger partial charge in [0.25, 0.3) is 0 Å². The fourth-order valence-corrected chi connectivity index (χ4v) is 4.91. The Morgan fingerprint density at radius 1 is 1.23 bits per heavy atom. The molecule has 1 aromatic carbocycles. The second kappa shape index (κ2) is 9.72. The van der Waals surface area contributed by atoms with Crippen molar-refractivity contribution in [1.82, 2.24) is 4.90 Å². The molecule has 3 rings (SSSR count). The molecule has 30 heavy (non-hydrogen) atoms. The smallest absolute Gasteiger partial charge is 0.328 e. The summed E-state index contributed by atoms with van der Waals surface area (Å²) in [4.78, 5) is 37.2. The number of aliphatic carboxylic acids is 2. The van der Waals surface area contributed by atoms with Crippen molar-refractivity contribution in [2.45, 2.75) is 36.6 Å². The van der Waals surface area contributed by atoms with Crippen molar-refractivity contribution in [1.29, 1.82) is 0 Å². The Bertz CT molecular complexity index is 858. The van der Waals surface area contributed by atoms with Gasteiger partial charge in [0.15, 0.2) is 5.78 Å². The maximum atomic E-state index is 14.5. The Labute approximate surface area is 178 Å². The summed E-state index contributed by atoms with van der Waals surface area (Å²) in [6, 6.07) is 4.39. The van der Waals surface area contributed by atoms with Gasteiger partial charge >= 0.3 is 11.9 Å². The van der Waals surface area contributed by atoms with Gasteiger partial charge in [-0.2, -0.15) is 11.8 Å². The molecule has 9 heteroatoms. The van der Waals surface area contributed by atoms with E-state index in [0.29, 0.717) is 24.1 Å². The Morgan fingerprint density at radius 2 is 1.93 bits per heavy atom. The van der Waals surface area contributed by atoms with Crippen LogP contribution in [0.2, 0.25) is 0 Å². The van der Waals surface area contributed by atoms with Gasteiger partial charge in [-0.15, -0.1) is 0 Å². The van der Waals surface area contributed by atoms with E-state index in [2.05, 4.69) is 0 Å². The van der Waals surface area contributed by atoms with Gasteiger partial charge < -0.3 is 15.9 Å². The van der Waals surface area contributed by atoms with E-state index in [0.717, 1.165) is 18.9 Å². The lowest BCUT2D eigenvalue weighted by Gasteiger charge is -2.38. The average Bonchev–Trinajstić information content (AvgIpc) is 3.53. The van der Waals surface area contributed by atoms with Crippen LogP contribution in [0.25, 0.3) is 0 Å². The number of Topliss-reactive ketones (excluding diaryl/α,β-unsaturated/α-hetero) is 1. The average molecular weight is 437 g/mol. The summed E-state index contributed by atoms with van der Waals surface area (Å²) >= 11 is 1.30. The van der Waals surface area contributed by atoms with E-state index < -0.39 is 29.8 Å². The van der Waals surface area contributed by atoms with Crippen molar-refractivity contribution < 1.29 is 29.0 Å². The van der Waals surface area contributed by atoms with Crippen LogP contribution in [0.3, 0.4) is 0 Å². The minimum absolute atomic E-state index is 0.0335. The van der Waals surface area contributed by atoms with Gasteiger partial charge in [-0.1, -0.05) is 18.2 Å². The molecule has 1 aliphatic heterocycles.